The molecule has 0 aliphatic heterocycles. The molecule has 3 aromatic rings. The molecule has 3 rings (SSSR count). The van der Waals surface area contributed by atoms with Gasteiger partial charge in [0.2, 0.25) is 0 Å². The molecule has 1 aromatic heterocycles. The number of halogens is 1. The van der Waals surface area contributed by atoms with Crippen LogP contribution in [0.3, 0.4) is 0 Å². The van der Waals surface area contributed by atoms with Crippen LogP contribution < -0.4 is 11.1 Å². The number of carbonyl (C=O) groups is 1. The first-order valence-corrected chi connectivity index (χ1v) is 8.17. The fourth-order valence-corrected chi connectivity index (χ4v) is 2.38. The van der Waals surface area contributed by atoms with Crippen molar-refractivity contribution in [3.63, 3.8) is 0 Å². The summed E-state index contributed by atoms with van der Waals surface area (Å²) in [5, 5.41) is 3.90. The van der Waals surface area contributed by atoms with Gasteiger partial charge in [-0.1, -0.05) is 58.4 Å². The molecule has 0 spiro atoms. The van der Waals surface area contributed by atoms with Crippen molar-refractivity contribution in [3.8, 4) is 11.3 Å². The van der Waals surface area contributed by atoms with E-state index in [9.17, 15) is 9.59 Å². The number of benzene rings is 2. The maximum absolute atomic E-state index is 12.2. The first-order chi connectivity index (χ1) is 12.1. The number of hydrogen-bond donors (Lipinski definition) is 2. The summed E-state index contributed by atoms with van der Waals surface area (Å²) in [6, 6.07) is 18.1. The van der Waals surface area contributed by atoms with Gasteiger partial charge >= 0.3 is 5.69 Å². The van der Waals surface area contributed by atoms with E-state index in [0.717, 1.165) is 15.6 Å². The molecule has 2 N–H and O–H groups in total. The van der Waals surface area contributed by atoms with Gasteiger partial charge in [-0.15, -0.1) is 0 Å². The average Bonchev–Trinajstić information content (AvgIpc) is 2.63. The summed E-state index contributed by atoms with van der Waals surface area (Å²) in [5.74, 6) is -0.523. The highest BCUT2D eigenvalue weighted by Gasteiger charge is 2.09. The highest BCUT2D eigenvalue weighted by molar-refractivity contribution is 9.10. The lowest BCUT2D eigenvalue weighted by atomic mass is 10.1. The number of hydrogen-bond acceptors (Lipinski definition) is 4. The number of H-pyrrole nitrogens is 1. The monoisotopic (exact) mass is 396 g/mol. The Kier molecular flexibility index (Phi) is 5.15. The van der Waals surface area contributed by atoms with Crippen LogP contribution in [-0.4, -0.2) is 22.1 Å². The van der Waals surface area contributed by atoms with Gasteiger partial charge < -0.3 is 4.98 Å². The van der Waals surface area contributed by atoms with E-state index in [-0.39, 0.29) is 5.69 Å². The van der Waals surface area contributed by atoms with Gasteiger partial charge in [0.25, 0.3) is 5.91 Å². The average molecular weight is 397 g/mol. The Morgan fingerprint density at radius 3 is 2.56 bits per heavy atom. The Balaban J connectivity index is 1.77. The highest BCUT2D eigenvalue weighted by Crippen LogP contribution is 2.15. The van der Waals surface area contributed by atoms with Crippen LogP contribution in [-0.2, 0) is 0 Å². The second kappa shape index (κ2) is 7.67. The molecule has 25 heavy (non-hydrogen) atoms. The third-order valence-corrected chi connectivity index (χ3v) is 3.84. The predicted molar refractivity (Wildman–Crippen MR) is 99.5 cm³/mol. The fraction of sp³-hybridized carbons (Fsp3) is 0. The normalized spacial score (nSPS) is 10.8. The van der Waals surface area contributed by atoms with E-state index >= 15 is 0 Å². The van der Waals surface area contributed by atoms with Gasteiger partial charge in [0, 0.05) is 10.0 Å². The molecule has 0 atom stereocenters. The number of aromatic nitrogens is 2. The molecule has 0 saturated carbocycles. The Labute approximate surface area is 151 Å². The zero-order valence-corrected chi connectivity index (χ0v) is 14.5. The van der Waals surface area contributed by atoms with Crippen molar-refractivity contribution in [3.05, 3.63) is 86.9 Å². The third kappa shape index (κ3) is 4.48. The van der Waals surface area contributed by atoms with Crippen molar-refractivity contribution in [1.29, 1.82) is 0 Å². The van der Waals surface area contributed by atoms with Crippen molar-refractivity contribution < 1.29 is 4.79 Å². The molecule has 6 nitrogen and oxygen atoms in total. The van der Waals surface area contributed by atoms with Gasteiger partial charge in [-0.2, -0.15) is 10.1 Å². The van der Waals surface area contributed by atoms with Crippen LogP contribution in [0, 0.1) is 0 Å². The molecular weight excluding hydrogens is 384 g/mol. The molecule has 0 unspecified atom stereocenters. The molecule has 0 radical (unpaired) electrons. The standard InChI is InChI=1S/C18H13BrN4O2/c19-14-8-6-12(7-9-14)11-20-23-17(24)16-10-15(21-18(25)22-16)13-4-2-1-3-5-13/h1-11H,(H,23,24)(H,21,22,25)/b20-11+. The van der Waals surface area contributed by atoms with Gasteiger partial charge in [-0.05, 0) is 23.8 Å². The molecule has 0 fully saturated rings. The van der Waals surface area contributed by atoms with Gasteiger partial charge in [0.15, 0.2) is 0 Å². The molecule has 1 heterocycles. The second-order valence-corrected chi connectivity index (χ2v) is 6.02. The minimum absolute atomic E-state index is 0.0896. The zero-order valence-electron chi connectivity index (χ0n) is 12.9. The summed E-state index contributed by atoms with van der Waals surface area (Å²) in [5.41, 5.74) is 3.89. The largest absolute Gasteiger partial charge is 0.346 e. The van der Waals surface area contributed by atoms with Crippen LogP contribution >= 0.6 is 15.9 Å². The SMILES string of the molecule is O=C(N/N=C/c1ccc(Br)cc1)c1cc(-c2ccccc2)nc(=O)[nH]1. The van der Waals surface area contributed by atoms with E-state index in [1.54, 1.807) is 0 Å². The van der Waals surface area contributed by atoms with Crippen molar-refractivity contribution in [2.24, 2.45) is 5.10 Å². The number of nitrogens with zero attached hydrogens (tertiary/aromatic N) is 2. The van der Waals surface area contributed by atoms with E-state index < -0.39 is 11.6 Å². The van der Waals surface area contributed by atoms with E-state index in [1.165, 1.54) is 12.3 Å². The van der Waals surface area contributed by atoms with Gasteiger partial charge in [-0.3, -0.25) is 4.79 Å². The van der Waals surface area contributed by atoms with Crippen LogP contribution in [0.2, 0.25) is 0 Å². The smallest absolute Gasteiger partial charge is 0.301 e. The first-order valence-electron chi connectivity index (χ1n) is 7.37. The van der Waals surface area contributed by atoms with E-state index in [4.69, 9.17) is 0 Å². The molecule has 2 aromatic carbocycles. The van der Waals surface area contributed by atoms with Crippen molar-refractivity contribution in [1.82, 2.24) is 15.4 Å². The van der Waals surface area contributed by atoms with Gasteiger partial charge in [-0.25, -0.2) is 10.2 Å². The molecule has 0 saturated heterocycles. The summed E-state index contributed by atoms with van der Waals surface area (Å²) >= 11 is 3.35. The first kappa shape index (κ1) is 16.8. The van der Waals surface area contributed by atoms with Crippen LogP contribution in [0.25, 0.3) is 11.3 Å². The Bertz CT molecular complexity index is 966. The molecule has 1 amide bonds. The number of carbonyl (C=O) groups excluding carboxylic acids is 1. The van der Waals surface area contributed by atoms with Crippen LogP contribution in [0.15, 0.2) is 75.0 Å². The summed E-state index contributed by atoms with van der Waals surface area (Å²) in [6.45, 7) is 0. The predicted octanol–water partition coefficient (Wildman–Crippen LogP) is 2.96. The lowest BCUT2D eigenvalue weighted by molar-refractivity contribution is 0.0949. The summed E-state index contributed by atoms with van der Waals surface area (Å²) in [7, 11) is 0. The van der Waals surface area contributed by atoms with Crippen LogP contribution in [0.5, 0.6) is 0 Å². The molecule has 0 aliphatic rings. The number of hydrazone groups is 1. The highest BCUT2D eigenvalue weighted by atomic mass is 79.9. The van der Waals surface area contributed by atoms with Gasteiger partial charge in [0.05, 0.1) is 11.9 Å². The Morgan fingerprint density at radius 2 is 1.84 bits per heavy atom. The molecule has 124 valence electrons. The maximum Gasteiger partial charge on any atom is 0.346 e. The van der Waals surface area contributed by atoms with Crippen molar-refractivity contribution in [2.75, 3.05) is 0 Å². The lowest BCUT2D eigenvalue weighted by Gasteiger charge is -2.03. The summed E-state index contributed by atoms with van der Waals surface area (Å²) in [6.07, 6.45) is 1.52. The van der Waals surface area contributed by atoms with Crippen LogP contribution in [0.1, 0.15) is 16.1 Å². The van der Waals surface area contributed by atoms with Crippen LogP contribution in [0.4, 0.5) is 0 Å². The fourth-order valence-electron chi connectivity index (χ4n) is 2.11. The van der Waals surface area contributed by atoms with E-state index in [0.29, 0.717) is 5.69 Å². The minimum atomic E-state index is -0.594. The lowest BCUT2D eigenvalue weighted by Crippen LogP contribution is -2.24. The van der Waals surface area contributed by atoms with Crippen molar-refractivity contribution >= 4 is 28.1 Å². The maximum atomic E-state index is 12.2. The molecule has 0 aliphatic carbocycles. The summed E-state index contributed by atoms with van der Waals surface area (Å²) < 4.78 is 0.955. The molecule has 0 bridgehead atoms. The number of amides is 1. The zero-order chi connectivity index (χ0) is 17.6. The topological polar surface area (TPSA) is 87.2 Å². The minimum Gasteiger partial charge on any atom is -0.301 e. The third-order valence-electron chi connectivity index (χ3n) is 3.31. The quantitative estimate of drug-likeness (QED) is 0.524. The summed E-state index contributed by atoms with van der Waals surface area (Å²) in [4.78, 5) is 30.2. The molecular formula is C18H13BrN4O2. The Morgan fingerprint density at radius 1 is 1.12 bits per heavy atom. The van der Waals surface area contributed by atoms with Gasteiger partial charge in [0.1, 0.15) is 5.69 Å². The number of nitrogens with one attached hydrogen (secondary N) is 2. The molecule has 7 heteroatoms. The number of aromatic amines is 1. The second-order valence-electron chi connectivity index (χ2n) is 5.10. The van der Waals surface area contributed by atoms with E-state index in [1.807, 2.05) is 54.6 Å². The van der Waals surface area contributed by atoms with Crippen molar-refractivity contribution in [2.45, 2.75) is 0 Å². The number of rotatable bonds is 4. The Hall–Kier alpha value is -3.06. The van der Waals surface area contributed by atoms with E-state index in [2.05, 4.69) is 36.4 Å².